The predicted molar refractivity (Wildman–Crippen MR) is 447 cm³/mol. The fraction of sp³-hybridized carbons (Fsp3) is 0.805. The molecule has 0 spiro atoms. The minimum absolute atomic E-state index is 0.0104. The molecule has 0 bridgehead atoms. The second kappa shape index (κ2) is 56.7. The molecule has 4 fully saturated rings. The molecule has 4 aliphatic heterocycles. The van der Waals surface area contributed by atoms with Crippen LogP contribution in [0.4, 0.5) is 17.8 Å². The van der Waals surface area contributed by atoms with E-state index < -0.39 is 79.2 Å². The molecule has 34 nitrogen and oxygen atoms in total. The Bertz CT molecular complexity index is 3330. The summed E-state index contributed by atoms with van der Waals surface area (Å²) < 4.78 is 52.7. The summed E-state index contributed by atoms with van der Waals surface area (Å²) in [5.41, 5.74) is 0. The van der Waals surface area contributed by atoms with Gasteiger partial charge in [0.2, 0.25) is 41.5 Å². The number of hydrogen-bond donors (Lipinski definition) is 5. The highest BCUT2D eigenvalue weighted by molar-refractivity contribution is 5.82. The number of rotatable bonds is 61. The van der Waals surface area contributed by atoms with Crippen molar-refractivity contribution in [2.24, 2.45) is 35.5 Å². The average molecular weight is 1710 g/mol. The number of hydrogen-bond acceptors (Lipinski definition) is 29. The van der Waals surface area contributed by atoms with Crippen LogP contribution < -0.4 is 31.1 Å². The zero-order valence-corrected chi connectivity index (χ0v) is 74.1. The van der Waals surface area contributed by atoms with Gasteiger partial charge in [0.25, 0.3) is 0 Å². The van der Waals surface area contributed by atoms with Gasteiger partial charge in [0.05, 0.1) is 36.4 Å². The molecule has 0 saturated carbocycles. The molecule has 4 aliphatic rings. The summed E-state index contributed by atoms with van der Waals surface area (Å²) >= 11 is 0. The van der Waals surface area contributed by atoms with Crippen molar-refractivity contribution in [1.82, 2.24) is 35.8 Å². The number of ether oxygens (including phenoxy) is 9. The normalized spacial score (nSPS) is 23.4. The SMILES string of the molecule is CC(=O)NC1C(OCCCCC(=O)CCCCCC(=O)CCNc2nc(N(CCC(=O)CCCCCC(=O)CCCCOC3OC(COC(C)=O)C(C)C(C)C3NC(C)=O)CCC(=O)CCCCCC(=O)CCCCOC3OC(COC(C)=O)C(C)C(C)C3NC(C)=O)nc(N3CCN(C(=O)CCCC(=O)O)CC3)n2)OC(COC(C)=O)C(C)C1C. The van der Waals surface area contributed by atoms with Crippen LogP contribution in [0.15, 0.2) is 0 Å². The second-order valence-corrected chi connectivity index (χ2v) is 33.3. The van der Waals surface area contributed by atoms with Crippen molar-refractivity contribution >= 4 is 100 Å². The van der Waals surface area contributed by atoms with Gasteiger partial charge in [-0.15, -0.1) is 0 Å². The smallest absolute Gasteiger partial charge is 0.303 e. The third kappa shape index (κ3) is 40.4. The third-order valence-corrected chi connectivity index (χ3v) is 23.4. The Morgan fingerprint density at radius 1 is 0.380 bits per heavy atom. The topological polar surface area (TPSA) is 439 Å². The lowest BCUT2D eigenvalue weighted by atomic mass is 9.82. The van der Waals surface area contributed by atoms with Gasteiger partial charge in [-0.1, -0.05) is 60.8 Å². The molecule has 5 N–H and O–H groups in total. The molecule has 5 rings (SSSR count). The van der Waals surface area contributed by atoms with E-state index >= 15 is 0 Å². The molecule has 0 aliphatic carbocycles. The number of carboxylic acids is 1. The third-order valence-electron chi connectivity index (χ3n) is 23.4. The lowest BCUT2D eigenvalue weighted by Gasteiger charge is -2.44. The minimum Gasteiger partial charge on any atom is -0.481 e. The number of carbonyl (C=O) groups is 14. The molecule has 4 saturated heterocycles. The van der Waals surface area contributed by atoms with E-state index in [0.717, 1.165) is 0 Å². The van der Waals surface area contributed by atoms with Gasteiger partial charge in [0, 0.05) is 197 Å². The van der Waals surface area contributed by atoms with Crippen LogP contribution in [0.3, 0.4) is 0 Å². The lowest BCUT2D eigenvalue weighted by Crippen LogP contribution is -2.58. The van der Waals surface area contributed by atoms with Crippen LogP contribution >= 0.6 is 0 Å². The number of unbranched alkanes of at least 4 members (excludes halogenated alkanes) is 9. The molecule has 5 heterocycles. The van der Waals surface area contributed by atoms with Gasteiger partial charge in [-0.3, -0.25) is 67.1 Å². The van der Waals surface area contributed by atoms with E-state index in [-0.39, 0.29) is 222 Å². The molecule has 15 unspecified atom stereocenters. The van der Waals surface area contributed by atoms with E-state index in [1.165, 1.54) is 41.5 Å². The largest absolute Gasteiger partial charge is 0.481 e. The number of carbonyl (C=O) groups excluding carboxylic acids is 13. The van der Waals surface area contributed by atoms with Crippen LogP contribution in [-0.2, 0) is 110 Å². The van der Waals surface area contributed by atoms with Crippen LogP contribution in [0.25, 0.3) is 0 Å². The highest BCUT2D eigenvalue weighted by atomic mass is 16.7. The number of carboxylic acid groups (broad SMARTS) is 1. The van der Waals surface area contributed by atoms with Gasteiger partial charge >= 0.3 is 23.9 Å². The van der Waals surface area contributed by atoms with Gasteiger partial charge in [-0.05, 0) is 119 Å². The van der Waals surface area contributed by atoms with Gasteiger partial charge in [-0.2, -0.15) is 15.0 Å². The van der Waals surface area contributed by atoms with Crippen LogP contribution in [0.2, 0.25) is 0 Å². The highest BCUT2D eigenvalue weighted by Gasteiger charge is 2.46. The Kier molecular flexibility index (Phi) is 48.5. The highest BCUT2D eigenvalue weighted by Crippen LogP contribution is 2.36. The first-order valence-electron chi connectivity index (χ1n) is 44.3. The number of nitrogens with zero attached hydrogens (tertiary/aromatic N) is 6. The lowest BCUT2D eigenvalue weighted by molar-refractivity contribution is -0.244. The van der Waals surface area contributed by atoms with Crippen molar-refractivity contribution in [3.63, 3.8) is 0 Å². The van der Waals surface area contributed by atoms with Crippen LogP contribution in [0.5, 0.6) is 0 Å². The Balaban J connectivity index is 1.16. The summed E-state index contributed by atoms with van der Waals surface area (Å²) in [5, 5.41) is 21.3. The van der Waals surface area contributed by atoms with Gasteiger partial charge < -0.3 is 83.7 Å². The van der Waals surface area contributed by atoms with Crippen molar-refractivity contribution < 1.29 is 115 Å². The Morgan fingerprint density at radius 2 is 0.702 bits per heavy atom. The fourth-order valence-electron chi connectivity index (χ4n) is 15.4. The summed E-state index contributed by atoms with van der Waals surface area (Å²) in [7, 11) is 0. The van der Waals surface area contributed by atoms with Crippen molar-refractivity contribution in [1.29, 1.82) is 0 Å². The number of piperazine rings is 1. The van der Waals surface area contributed by atoms with Crippen molar-refractivity contribution in [3.8, 4) is 0 Å². The molecule has 1 aromatic rings. The first-order chi connectivity index (χ1) is 57.7. The number of Topliss-reactive ketones (excluding diaryl/α,β-unsaturated/α-hetero) is 6. The van der Waals surface area contributed by atoms with E-state index in [9.17, 15) is 72.2 Å². The average Bonchev–Trinajstić information content (AvgIpc) is 0.809. The zero-order valence-electron chi connectivity index (χ0n) is 74.1. The molecule has 0 aromatic carbocycles. The van der Waals surface area contributed by atoms with E-state index in [2.05, 4.69) is 21.3 Å². The molecule has 34 heteroatoms. The number of aliphatic carboxylic acids is 1. The molecular formula is C87H142N10O24. The summed E-state index contributed by atoms with van der Waals surface area (Å²) in [6, 6.07) is -1.25. The second-order valence-electron chi connectivity index (χ2n) is 33.3. The number of esters is 3. The molecule has 0 radical (unpaired) electrons. The van der Waals surface area contributed by atoms with Crippen LogP contribution in [0.1, 0.15) is 276 Å². The van der Waals surface area contributed by atoms with Crippen LogP contribution in [0, 0.1) is 35.5 Å². The van der Waals surface area contributed by atoms with E-state index in [0.29, 0.717) is 168 Å². The summed E-state index contributed by atoms with van der Waals surface area (Å²) in [6.07, 6.45) is 8.71. The summed E-state index contributed by atoms with van der Waals surface area (Å²) in [6.45, 7) is 23.0. The zero-order chi connectivity index (χ0) is 88.9. The number of aromatic nitrogens is 3. The molecule has 121 heavy (non-hydrogen) atoms. The van der Waals surface area contributed by atoms with E-state index in [1.54, 1.807) is 9.80 Å². The maximum atomic E-state index is 13.8. The first kappa shape index (κ1) is 103. The predicted octanol–water partition coefficient (Wildman–Crippen LogP) is 9.19. The van der Waals surface area contributed by atoms with Crippen molar-refractivity contribution in [3.05, 3.63) is 0 Å². The minimum atomic E-state index is -0.985. The molecule has 684 valence electrons. The number of ketones is 6. The number of amides is 4. The van der Waals surface area contributed by atoms with Gasteiger partial charge in [0.1, 0.15) is 54.5 Å². The maximum Gasteiger partial charge on any atom is 0.303 e. The van der Waals surface area contributed by atoms with E-state index in [1.807, 2.05) is 46.4 Å². The van der Waals surface area contributed by atoms with Crippen molar-refractivity contribution in [2.45, 2.75) is 331 Å². The monoisotopic (exact) mass is 1710 g/mol. The van der Waals surface area contributed by atoms with Crippen molar-refractivity contribution in [2.75, 3.05) is 101 Å². The Hall–Kier alpha value is -8.05. The number of nitrogens with one attached hydrogen (secondary N) is 4. The Labute approximate surface area is 714 Å². The molecule has 15 atom stereocenters. The van der Waals surface area contributed by atoms with Crippen LogP contribution in [-0.4, -0.2) is 248 Å². The number of anilines is 3. The molecular weight excluding hydrogens is 1570 g/mol. The summed E-state index contributed by atoms with van der Waals surface area (Å²) in [5.74, 6) is -2.50. The Morgan fingerprint density at radius 3 is 1.02 bits per heavy atom. The summed E-state index contributed by atoms with van der Waals surface area (Å²) in [4.78, 5) is 195. The quantitative estimate of drug-likeness (QED) is 0.0230. The molecule has 1 aromatic heterocycles. The fourth-order valence-corrected chi connectivity index (χ4v) is 15.4. The molecule has 4 amide bonds. The first-order valence-corrected chi connectivity index (χ1v) is 44.3. The standard InChI is InChI=1S/C87H142N10O24/c1-56-59(4)79(89-62(7)98)82(119-74(56)53-116-65(10)101)113-50-25-22-35-68(104)29-16-13-19-32-71(107)40-43-88-85-92-86(94-87(93-85)97-48-46-95(47-49-97)77(110)38-28-39-78(111)112)96(44-41-72(108)33-20-14-17-30-69(105)36-23-26-51-114-83-80(90-63(8)99)60(5)57(2)75(120-83)54-117-66(11)102)45-42-73(109)34-21-15-18-31-70(106)37-24-27-52-115-84-81(91-64(9)100)61(6)58(3)76(121-84)55-118-67(12)103/h56-61,74-76,79-84H,13-55H2,1-12H3,(H,89,98)(H,90,99)(H,91,100)(H,111,112)(H,88,92,93,94). The maximum absolute atomic E-state index is 13.8. The van der Waals surface area contributed by atoms with Gasteiger partial charge in [-0.25, -0.2) is 0 Å². The van der Waals surface area contributed by atoms with Gasteiger partial charge in [0.15, 0.2) is 18.9 Å². The van der Waals surface area contributed by atoms with E-state index in [4.69, 9.17) is 57.6 Å².